The number of para-hydroxylation sites is 1. The van der Waals surface area contributed by atoms with Gasteiger partial charge in [0.1, 0.15) is 6.54 Å². The number of fused-ring (bicyclic) bond motifs is 1. The lowest BCUT2D eigenvalue weighted by molar-refractivity contribution is -0.123. The van der Waals surface area contributed by atoms with Gasteiger partial charge >= 0.3 is 0 Å². The first-order valence-corrected chi connectivity index (χ1v) is 9.00. The SMILES string of the molecule is Cc1ccc(NC(=O)CN2N=NC3C(=O)N(c4ccccc4)C(=O)C32)c(Cl)c1. The Bertz CT molecular complexity index is 994. The fraction of sp³-hybridized carbons (Fsp3) is 0.211. The summed E-state index contributed by atoms with van der Waals surface area (Å²) in [5.74, 6) is -1.31. The molecular formula is C19H16ClN5O3. The Hall–Kier alpha value is -3.26. The average Bonchev–Trinajstić information content (AvgIpc) is 3.18. The lowest BCUT2D eigenvalue weighted by Gasteiger charge is -2.20. The number of imide groups is 1. The van der Waals surface area contributed by atoms with E-state index in [1.165, 1.54) is 5.01 Å². The van der Waals surface area contributed by atoms with Gasteiger partial charge in [-0.2, -0.15) is 5.11 Å². The molecule has 0 spiro atoms. The van der Waals surface area contributed by atoms with Gasteiger partial charge in [0.15, 0.2) is 12.1 Å². The van der Waals surface area contributed by atoms with Gasteiger partial charge in [-0.25, -0.2) is 4.90 Å². The van der Waals surface area contributed by atoms with Crippen molar-refractivity contribution in [1.29, 1.82) is 0 Å². The Morgan fingerprint density at radius 2 is 1.89 bits per heavy atom. The molecule has 9 heteroatoms. The van der Waals surface area contributed by atoms with Crippen molar-refractivity contribution in [2.45, 2.75) is 19.0 Å². The number of benzene rings is 2. The zero-order valence-electron chi connectivity index (χ0n) is 14.9. The van der Waals surface area contributed by atoms with Crippen LogP contribution in [0, 0.1) is 6.92 Å². The van der Waals surface area contributed by atoms with Crippen molar-refractivity contribution in [3.63, 3.8) is 0 Å². The predicted octanol–water partition coefficient (Wildman–Crippen LogP) is 2.58. The van der Waals surface area contributed by atoms with E-state index in [1.807, 2.05) is 13.0 Å². The van der Waals surface area contributed by atoms with Crippen LogP contribution in [-0.2, 0) is 14.4 Å². The Balaban J connectivity index is 1.48. The van der Waals surface area contributed by atoms with Gasteiger partial charge in [0, 0.05) is 0 Å². The number of hydrogen-bond acceptors (Lipinski definition) is 6. The third kappa shape index (κ3) is 3.11. The number of amides is 3. The molecule has 2 atom stereocenters. The molecule has 0 bridgehead atoms. The second kappa shape index (κ2) is 7.05. The van der Waals surface area contributed by atoms with Gasteiger partial charge in [-0.15, -0.1) is 0 Å². The number of nitrogens with one attached hydrogen (secondary N) is 1. The van der Waals surface area contributed by atoms with Crippen molar-refractivity contribution in [3.05, 3.63) is 59.1 Å². The summed E-state index contributed by atoms with van der Waals surface area (Å²) >= 11 is 6.13. The van der Waals surface area contributed by atoms with Crippen LogP contribution >= 0.6 is 11.6 Å². The van der Waals surface area contributed by atoms with Gasteiger partial charge in [-0.05, 0) is 36.8 Å². The van der Waals surface area contributed by atoms with Crippen LogP contribution in [0.3, 0.4) is 0 Å². The molecule has 2 aliphatic rings. The Morgan fingerprint density at radius 1 is 1.14 bits per heavy atom. The average molecular weight is 398 g/mol. The lowest BCUT2D eigenvalue weighted by Crippen LogP contribution is -2.43. The van der Waals surface area contributed by atoms with E-state index in [2.05, 4.69) is 15.7 Å². The van der Waals surface area contributed by atoms with Crippen molar-refractivity contribution in [2.24, 2.45) is 10.3 Å². The zero-order valence-corrected chi connectivity index (χ0v) is 15.6. The molecule has 142 valence electrons. The summed E-state index contributed by atoms with van der Waals surface area (Å²) in [4.78, 5) is 38.9. The van der Waals surface area contributed by atoms with E-state index in [9.17, 15) is 14.4 Å². The highest BCUT2D eigenvalue weighted by atomic mass is 35.5. The molecule has 28 heavy (non-hydrogen) atoms. The summed E-state index contributed by atoms with van der Waals surface area (Å²) in [6, 6.07) is 12.0. The van der Waals surface area contributed by atoms with Crippen LogP contribution in [0.25, 0.3) is 0 Å². The first-order chi connectivity index (χ1) is 13.5. The Labute approximate surface area is 165 Å². The molecule has 2 heterocycles. The molecule has 0 saturated carbocycles. The molecule has 2 aliphatic heterocycles. The molecule has 0 aliphatic carbocycles. The van der Waals surface area contributed by atoms with E-state index in [4.69, 9.17) is 11.6 Å². The molecule has 2 aromatic carbocycles. The second-order valence-corrected chi connectivity index (χ2v) is 6.98. The monoisotopic (exact) mass is 397 g/mol. The van der Waals surface area contributed by atoms with Crippen molar-refractivity contribution < 1.29 is 14.4 Å². The summed E-state index contributed by atoms with van der Waals surface area (Å²) in [7, 11) is 0. The third-order valence-electron chi connectivity index (χ3n) is 4.58. The van der Waals surface area contributed by atoms with E-state index < -0.39 is 29.8 Å². The molecule has 1 fully saturated rings. The molecule has 8 nitrogen and oxygen atoms in total. The molecule has 1 N–H and O–H groups in total. The summed E-state index contributed by atoms with van der Waals surface area (Å²) in [5, 5.41) is 12.1. The maximum Gasteiger partial charge on any atom is 0.263 e. The summed E-state index contributed by atoms with van der Waals surface area (Å²) in [5.41, 5.74) is 1.90. The largest absolute Gasteiger partial charge is 0.323 e. The van der Waals surface area contributed by atoms with Crippen molar-refractivity contribution in [3.8, 4) is 0 Å². The van der Waals surface area contributed by atoms with Gasteiger partial charge in [0.25, 0.3) is 11.8 Å². The fourth-order valence-electron chi connectivity index (χ4n) is 3.24. The number of aryl methyl sites for hydroxylation is 1. The number of carbonyl (C=O) groups excluding carboxylic acids is 3. The van der Waals surface area contributed by atoms with E-state index in [0.29, 0.717) is 16.4 Å². The van der Waals surface area contributed by atoms with E-state index >= 15 is 0 Å². The van der Waals surface area contributed by atoms with Gasteiger partial charge < -0.3 is 5.32 Å². The van der Waals surface area contributed by atoms with E-state index in [-0.39, 0.29) is 6.54 Å². The number of anilines is 2. The molecular weight excluding hydrogens is 382 g/mol. The van der Waals surface area contributed by atoms with Crippen molar-refractivity contribution in [1.82, 2.24) is 5.01 Å². The highest BCUT2D eigenvalue weighted by molar-refractivity contribution is 6.33. The second-order valence-electron chi connectivity index (χ2n) is 6.57. The normalized spacial score (nSPS) is 20.6. The summed E-state index contributed by atoms with van der Waals surface area (Å²) in [6.07, 6.45) is 0. The van der Waals surface area contributed by atoms with Gasteiger partial charge in [0.05, 0.1) is 16.4 Å². The lowest BCUT2D eigenvalue weighted by atomic mass is 10.1. The van der Waals surface area contributed by atoms with Crippen LogP contribution in [0.1, 0.15) is 5.56 Å². The summed E-state index contributed by atoms with van der Waals surface area (Å²) in [6.45, 7) is 1.67. The smallest absolute Gasteiger partial charge is 0.263 e. The predicted molar refractivity (Wildman–Crippen MR) is 103 cm³/mol. The highest BCUT2D eigenvalue weighted by Gasteiger charge is 2.55. The van der Waals surface area contributed by atoms with Gasteiger partial charge in [-0.1, -0.05) is 41.1 Å². The van der Waals surface area contributed by atoms with E-state index in [1.54, 1.807) is 42.5 Å². The van der Waals surface area contributed by atoms with Crippen LogP contribution in [0.4, 0.5) is 11.4 Å². The quantitative estimate of drug-likeness (QED) is 0.802. The maximum atomic E-state index is 12.8. The minimum absolute atomic E-state index is 0.226. The van der Waals surface area contributed by atoms with E-state index in [0.717, 1.165) is 10.5 Å². The number of nitrogens with zero attached hydrogens (tertiary/aromatic N) is 4. The Morgan fingerprint density at radius 3 is 2.61 bits per heavy atom. The molecule has 2 unspecified atom stereocenters. The number of halogens is 1. The van der Waals surface area contributed by atoms with Gasteiger partial charge in [-0.3, -0.25) is 19.4 Å². The molecule has 0 aromatic heterocycles. The summed E-state index contributed by atoms with van der Waals surface area (Å²) < 4.78 is 0. The van der Waals surface area contributed by atoms with Crippen LogP contribution < -0.4 is 10.2 Å². The van der Waals surface area contributed by atoms with Crippen LogP contribution in [0.5, 0.6) is 0 Å². The topological polar surface area (TPSA) is 94.4 Å². The number of hydrogen-bond donors (Lipinski definition) is 1. The number of carbonyl (C=O) groups is 3. The Kier molecular flexibility index (Phi) is 4.56. The van der Waals surface area contributed by atoms with Crippen LogP contribution in [0.15, 0.2) is 58.9 Å². The minimum Gasteiger partial charge on any atom is -0.323 e. The van der Waals surface area contributed by atoms with Crippen LogP contribution in [0.2, 0.25) is 5.02 Å². The zero-order chi connectivity index (χ0) is 19.8. The fourth-order valence-corrected chi connectivity index (χ4v) is 3.53. The third-order valence-corrected chi connectivity index (χ3v) is 4.89. The maximum absolute atomic E-state index is 12.8. The molecule has 1 saturated heterocycles. The van der Waals surface area contributed by atoms with Crippen molar-refractivity contribution >= 4 is 40.7 Å². The highest BCUT2D eigenvalue weighted by Crippen LogP contribution is 2.31. The molecule has 0 radical (unpaired) electrons. The van der Waals surface area contributed by atoms with Crippen molar-refractivity contribution in [2.75, 3.05) is 16.8 Å². The molecule has 2 aromatic rings. The first kappa shape index (κ1) is 18.1. The number of rotatable bonds is 4. The molecule has 4 rings (SSSR count). The van der Waals surface area contributed by atoms with Crippen LogP contribution in [-0.4, -0.2) is 41.4 Å². The standard InChI is InChI=1S/C19H16ClN5O3/c1-11-7-8-14(13(20)9-11)21-15(26)10-24-17-16(22-23-24)18(27)25(19(17)28)12-5-3-2-4-6-12/h2-9,16-17H,10H2,1H3,(H,21,26). The first-order valence-electron chi connectivity index (χ1n) is 8.62. The molecule has 3 amide bonds. The van der Waals surface area contributed by atoms with Gasteiger partial charge in [0.2, 0.25) is 5.91 Å². The minimum atomic E-state index is -0.941.